The van der Waals surface area contributed by atoms with Gasteiger partial charge in [-0.05, 0) is 65.2 Å². The second-order valence-corrected chi connectivity index (χ2v) is 8.77. The maximum absolute atomic E-state index is 12.5. The van der Waals surface area contributed by atoms with Gasteiger partial charge in [0.15, 0.2) is 6.29 Å². The van der Waals surface area contributed by atoms with Crippen LogP contribution in [0.4, 0.5) is 0 Å². The van der Waals surface area contributed by atoms with E-state index < -0.39 is 67.1 Å². The van der Waals surface area contributed by atoms with Crippen molar-refractivity contribution in [3.05, 3.63) is 63.3 Å². The number of nitrogens with one attached hydrogen (secondary N) is 3. The summed E-state index contributed by atoms with van der Waals surface area (Å²) in [7, 11) is 1.37. The van der Waals surface area contributed by atoms with Gasteiger partial charge >= 0.3 is 23.0 Å². The fraction of sp³-hybridized carbons (Fsp3) is 0.462. The Labute approximate surface area is 245 Å². The molecule has 1 aliphatic heterocycles. The number of hydrogen-bond donors (Lipinski definition) is 6. The fourth-order valence-corrected chi connectivity index (χ4v) is 3.66. The summed E-state index contributed by atoms with van der Waals surface area (Å²) in [5.74, 6) is -1.26. The Kier molecular flexibility index (Phi) is 16.2. The monoisotopic (exact) mass is 605 g/mol. The van der Waals surface area contributed by atoms with Crippen molar-refractivity contribution in [3.8, 4) is 0 Å². The van der Waals surface area contributed by atoms with Gasteiger partial charge in [-0.25, -0.2) is 0 Å². The van der Waals surface area contributed by atoms with E-state index in [1.54, 1.807) is 51.4 Å². The molecule has 0 spiro atoms. The van der Waals surface area contributed by atoms with Crippen molar-refractivity contribution in [1.29, 1.82) is 0 Å². The minimum absolute atomic E-state index is 0. The SMILES string of the molecule is CC(=O)N[C@H]1C(O)O[C@H](CO)[C@@H](O)[C@@H]1O[C@H](C)C(=O)N[C@H](C)C(=O)N[C]1[CH][CH][CH][CH]1.COC(=O)[C]1[CH][CH][CH][CH]1.[Fe+2]. The van der Waals surface area contributed by atoms with Crippen LogP contribution in [0.15, 0.2) is 0 Å². The molecule has 0 aromatic carbocycles. The summed E-state index contributed by atoms with van der Waals surface area (Å²) >= 11 is 0. The minimum Gasteiger partial charge on any atom is -0.469 e. The Morgan fingerprint density at radius 2 is 1.57 bits per heavy atom. The van der Waals surface area contributed by atoms with Crippen molar-refractivity contribution in [1.82, 2.24) is 16.0 Å². The van der Waals surface area contributed by atoms with E-state index in [0.717, 1.165) is 0 Å². The van der Waals surface area contributed by atoms with E-state index in [9.17, 15) is 34.5 Å². The van der Waals surface area contributed by atoms with E-state index in [4.69, 9.17) is 9.47 Å². The molecule has 10 radical (unpaired) electrons. The van der Waals surface area contributed by atoms with Gasteiger partial charge in [0, 0.05) is 6.92 Å². The van der Waals surface area contributed by atoms with Crippen LogP contribution in [0.25, 0.3) is 0 Å². The summed E-state index contributed by atoms with van der Waals surface area (Å²) in [5, 5.41) is 37.4. The van der Waals surface area contributed by atoms with Gasteiger partial charge in [0.2, 0.25) is 17.7 Å². The average molecular weight is 605 g/mol. The predicted molar refractivity (Wildman–Crippen MR) is 135 cm³/mol. The smallest absolute Gasteiger partial charge is 0.469 e. The third-order valence-electron chi connectivity index (χ3n) is 5.74. The molecule has 0 aromatic rings. The van der Waals surface area contributed by atoms with E-state index in [1.165, 1.54) is 27.9 Å². The van der Waals surface area contributed by atoms with E-state index in [0.29, 0.717) is 12.0 Å². The molecular weight excluding hydrogens is 570 g/mol. The molecule has 0 bridgehead atoms. The summed E-state index contributed by atoms with van der Waals surface area (Å²) in [6.07, 6.45) is 7.39. The van der Waals surface area contributed by atoms with Gasteiger partial charge in [-0.1, -0.05) is 0 Å². The molecule has 2 aliphatic carbocycles. The number of aliphatic hydroxyl groups excluding tert-OH is 3. The topological polar surface area (TPSA) is 193 Å². The number of carbonyl (C=O) groups is 4. The number of carbonyl (C=O) groups excluding carboxylic acids is 4. The van der Waals surface area contributed by atoms with Crippen LogP contribution in [0, 0.1) is 63.3 Å². The zero-order valence-corrected chi connectivity index (χ0v) is 23.5. The third kappa shape index (κ3) is 10.9. The number of aliphatic hydroxyl groups is 3. The van der Waals surface area contributed by atoms with Gasteiger partial charge in [-0.15, -0.1) is 0 Å². The Morgan fingerprint density at radius 1 is 1.00 bits per heavy atom. The van der Waals surface area contributed by atoms with E-state index in [1.807, 2.05) is 0 Å². The molecule has 3 rings (SSSR count). The molecular formula is C26H35FeN3O10+2. The molecule has 40 heavy (non-hydrogen) atoms. The van der Waals surface area contributed by atoms with Crippen molar-refractivity contribution in [2.24, 2.45) is 0 Å². The van der Waals surface area contributed by atoms with Crippen LogP contribution >= 0.6 is 0 Å². The van der Waals surface area contributed by atoms with Crippen LogP contribution in [-0.2, 0) is 50.5 Å². The second kappa shape index (κ2) is 17.9. The van der Waals surface area contributed by atoms with E-state index in [2.05, 4.69) is 20.7 Å². The molecule has 0 aromatic heterocycles. The molecule has 14 heteroatoms. The van der Waals surface area contributed by atoms with Crippen LogP contribution in [0.2, 0.25) is 0 Å². The van der Waals surface area contributed by atoms with Gasteiger partial charge in [-0.3, -0.25) is 19.2 Å². The van der Waals surface area contributed by atoms with Crippen molar-refractivity contribution in [2.75, 3.05) is 13.7 Å². The molecule has 13 nitrogen and oxygen atoms in total. The molecule has 1 heterocycles. The molecule has 3 aliphatic rings. The summed E-state index contributed by atoms with van der Waals surface area (Å²) < 4.78 is 15.2. The number of esters is 1. The number of ether oxygens (including phenoxy) is 3. The normalized spacial score (nSPS) is 28.2. The number of hydrogen-bond acceptors (Lipinski definition) is 10. The first-order valence-corrected chi connectivity index (χ1v) is 12.2. The average Bonchev–Trinajstić information content (AvgIpc) is 3.62. The van der Waals surface area contributed by atoms with Crippen molar-refractivity contribution < 1.29 is 65.8 Å². The first-order chi connectivity index (χ1) is 18.5. The molecule has 1 unspecified atom stereocenters. The van der Waals surface area contributed by atoms with Crippen molar-refractivity contribution in [2.45, 2.75) is 63.6 Å². The largest absolute Gasteiger partial charge is 2.00 e. The van der Waals surface area contributed by atoms with Crippen LogP contribution in [-0.4, -0.2) is 95.5 Å². The first-order valence-electron chi connectivity index (χ1n) is 12.2. The summed E-state index contributed by atoms with van der Waals surface area (Å²) in [4.78, 5) is 46.7. The molecule has 3 fully saturated rings. The van der Waals surface area contributed by atoms with E-state index >= 15 is 0 Å². The third-order valence-corrected chi connectivity index (χ3v) is 5.74. The quantitative estimate of drug-likeness (QED) is 0.125. The molecule has 6 N–H and O–H groups in total. The summed E-state index contributed by atoms with van der Waals surface area (Å²) in [5.41, 5.74) is 0. The van der Waals surface area contributed by atoms with Gasteiger partial charge in [0.05, 0.1) is 25.7 Å². The number of rotatable bonds is 9. The summed E-state index contributed by atoms with van der Waals surface area (Å²) in [6, 6.07) is -1.45. The second-order valence-electron chi connectivity index (χ2n) is 8.77. The van der Waals surface area contributed by atoms with Gasteiger partial charge in [0.25, 0.3) is 0 Å². The predicted octanol–water partition coefficient (Wildman–Crippen LogP) is -2.12. The van der Waals surface area contributed by atoms with Gasteiger partial charge < -0.3 is 45.5 Å². The zero-order valence-electron chi connectivity index (χ0n) is 22.4. The summed E-state index contributed by atoms with van der Waals surface area (Å²) in [6.45, 7) is 3.49. The Bertz CT molecular complexity index is 823. The molecule has 2 saturated carbocycles. The maximum Gasteiger partial charge on any atom is 2.00 e. The zero-order chi connectivity index (χ0) is 29.1. The van der Waals surface area contributed by atoms with Crippen LogP contribution < -0.4 is 16.0 Å². The molecule has 220 valence electrons. The first kappa shape index (κ1) is 36.2. The molecule has 3 amide bonds. The minimum atomic E-state index is -1.57. The maximum atomic E-state index is 12.5. The molecule has 7 atom stereocenters. The number of amides is 3. The van der Waals surface area contributed by atoms with Gasteiger partial charge in [-0.2, -0.15) is 0 Å². The van der Waals surface area contributed by atoms with Crippen LogP contribution in [0.5, 0.6) is 0 Å². The van der Waals surface area contributed by atoms with Gasteiger partial charge in [0.1, 0.15) is 36.5 Å². The van der Waals surface area contributed by atoms with Crippen LogP contribution in [0.1, 0.15) is 20.8 Å². The Hall–Kier alpha value is -1.80. The fourth-order valence-electron chi connectivity index (χ4n) is 3.66. The standard InChI is InChI=1S/C19H28N3O8.C7H7O2.Fe/c1-9(17(26)22-12-6-4-5-7-12)20-18(27)10(2)29-16-14(21-11(3)24)19(28)30-13(8-23)15(16)25;1-9-7(8)6-4-2-3-5-6;/h4-7,9-10,13-16,19,23,25,28H,8H2,1-3H3,(H,20,27)(H,21,24)(H,22,26);2-5H,1H3;/q;;+2/t9-,10-,13-,14-,15-,16-,19?;;/m1../s1. The van der Waals surface area contributed by atoms with Crippen molar-refractivity contribution >= 4 is 23.7 Å². The van der Waals surface area contributed by atoms with Crippen molar-refractivity contribution in [3.63, 3.8) is 0 Å². The number of methoxy groups -OCH3 is 1. The van der Waals surface area contributed by atoms with Crippen LogP contribution in [0.3, 0.4) is 0 Å². The Balaban J connectivity index is 0.000000678. The Morgan fingerprint density at radius 3 is 2.10 bits per heavy atom. The van der Waals surface area contributed by atoms with E-state index in [-0.39, 0.29) is 23.0 Å². The molecule has 1 saturated heterocycles.